The van der Waals surface area contributed by atoms with Crippen molar-refractivity contribution in [1.82, 2.24) is 19.8 Å². The molecule has 0 unspecified atom stereocenters. The number of aromatic nitrogens is 2. The minimum atomic E-state index is -0.0301. The molecule has 6 heteroatoms. The molecule has 1 saturated carbocycles. The maximum absolute atomic E-state index is 13.0. The molecule has 170 valence electrons. The fourth-order valence-electron chi connectivity index (χ4n) is 5.29. The van der Waals surface area contributed by atoms with E-state index >= 15 is 0 Å². The summed E-state index contributed by atoms with van der Waals surface area (Å²) in [6.45, 7) is 7.18. The third kappa shape index (κ3) is 4.51. The molecule has 32 heavy (non-hydrogen) atoms. The summed E-state index contributed by atoms with van der Waals surface area (Å²) in [4.78, 5) is 28.6. The van der Waals surface area contributed by atoms with Gasteiger partial charge in [-0.3, -0.25) is 9.69 Å². The van der Waals surface area contributed by atoms with Crippen molar-refractivity contribution in [2.24, 2.45) is 5.92 Å². The number of rotatable bonds is 5. The van der Waals surface area contributed by atoms with E-state index in [0.717, 1.165) is 44.5 Å². The Kier molecular flexibility index (Phi) is 6.13. The molecule has 2 fully saturated rings. The first kappa shape index (κ1) is 21.4. The van der Waals surface area contributed by atoms with E-state index in [0.29, 0.717) is 18.0 Å². The van der Waals surface area contributed by atoms with Gasteiger partial charge in [0.2, 0.25) is 5.95 Å². The van der Waals surface area contributed by atoms with Gasteiger partial charge in [0, 0.05) is 58.2 Å². The fourth-order valence-corrected chi connectivity index (χ4v) is 5.29. The minimum Gasteiger partial charge on any atom is -0.341 e. The number of carbonyl (C=O) groups excluding carboxylic acids is 1. The summed E-state index contributed by atoms with van der Waals surface area (Å²) >= 11 is 0. The molecule has 6 nitrogen and oxygen atoms in total. The van der Waals surface area contributed by atoms with E-state index in [4.69, 9.17) is 0 Å². The van der Waals surface area contributed by atoms with Gasteiger partial charge < -0.3 is 9.80 Å². The molecule has 1 atom stereocenters. The van der Waals surface area contributed by atoms with Crippen molar-refractivity contribution in [1.29, 1.82) is 0 Å². The molecule has 5 rings (SSSR count). The molecule has 2 aliphatic heterocycles. The highest BCUT2D eigenvalue weighted by Crippen LogP contribution is 2.28. The summed E-state index contributed by atoms with van der Waals surface area (Å²) in [5, 5.41) is 0. The standard InChI is InChI=1S/C26H35N5O/c1-19-8-11-31(17-19)26-27-15-23(16-28-26)25(32)29(2)18-20-6-7-21-9-12-30(24-4-3-5-24)13-10-22(21)14-20/h6-7,14-16,19,24H,3-5,8-13,17-18H2,1-2H3/t19-/m0/s1. The van der Waals surface area contributed by atoms with Crippen molar-refractivity contribution in [3.63, 3.8) is 0 Å². The van der Waals surface area contributed by atoms with E-state index in [2.05, 4.69) is 44.9 Å². The van der Waals surface area contributed by atoms with Crippen LogP contribution in [0.4, 0.5) is 5.95 Å². The van der Waals surface area contributed by atoms with E-state index in [9.17, 15) is 4.79 Å². The number of anilines is 1. The van der Waals surface area contributed by atoms with Gasteiger partial charge in [-0.2, -0.15) is 0 Å². The Morgan fingerprint density at radius 3 is 2.47 bits per heavy atom. The highest BCUT2D eigenvalue weighted by molar-refractivity contribution is 5.93. The second kappa shape index (κ2) is 9.18. The van der Waals surface area contributed by atoms with Crippen molar-refractivity contribution in [2.75, 3.05) is 38.1 Å². The molecule has 0 N–H and O–H groups in total. The lowest BCUT2D eigenvalue weighted by atomic mass is 9.91. The Labute approximate surface area is 191 Å². The second-order valence-electron chi connectivity index (χ2n) is 10.00. The lowest BCUT2D eigenvalue weighted by molar-refractivity contribution is 0.0784. The molecule has 3 heterocycles. The molecule has 1 aromatic carbocycles. The maximum atomic E-state index is 13.0. The smallest absolute Gasteiger partial charge is 0.257 e. The highest BCUT2D eigenvalue weighted by Gasteiger charge is 2.26. The SMILES string of the molecule is C[C@H]1CCN(c2ncc(C(=O)N(C)Cc3ccc4c(c3)CCN(C3CCC3)CC4)cn2)C1. The van der Waals surface area contributed by atoms with Crippen LogP contribution >= 0.6 is 0 Å². The Hall–Kier alpha value is -2.47. The van der Waals surface area contributed by atoms with Gasteiger partial charge in [-0.25, -0.2) is 9.97 Å². The third-order valence-corrected chi connectivity index (χ3v) is 7.56. The van der Waals surface area contributed by atoms with Crippen molar-refractivity contribution >= 4 is 11.9 Å². The second-order valence-corrected chi connectivity index (χ2v) is 10.00. The van der Waals surface area contributed by atoms with Crippen molar-refractivity contribution in [3.05, 3.63) is 52.8 Å². The molecule has 0 spiro atoms. The maximum Gasteiger partial charge on any atom is 0.257 e. The van der Waals surface area contributed by atoms with Crippen LogP contribution in [0.15, 0.2) is 30.6 Å². The van der Waals surface area contributed by atoms with Crippen LogP contribution in [0.3, 0.4) is 0 Å². The van der Waals surface area contributed by atoms with Crippen molar-refractivity contribution < 1.29 is 4.79 Å². The van der Waals surface area contributed by atoms with Crippen LogP contribution in [-0.4, -0.2) is 64.9 Å². The average Bonchev–Trinajstić information content (AvgIpc) is 3.10. The molecule has 1 amide bonds. The van der Waals surface area contributed by atoms with Gasteiger partial charge in [-0.1, -0.05) is 31.5 Å². The van der Waals surface area contributed by atoms with E-state index in [1.54, 1.807) is 17.3 Å². The third-order valence-electron chi connectivity index (χ3n) is 7.56. The number of benzene rings is 1. The van der Waals surface area contributed by atoms with Crippen LogP contribution < -0.4 is 4.90 Å². The van der Waals surface area contributed by atoms with Crippen LogP contribution in [0.2, 0.25) is 0 Å². The van der Waals surface area contributed by atoms with E-state index in [1.165, 1.54) is 48.9 Å². The quantitative estimate of drug-likeness (QED) is 0.722. The van der Waals surface area contributed by atoms with Crippen molar-refractivity contribution in [2.45, 2.75) is 58.0 Å². The van der Waals surface area contributed by atoms with Crippen LogP contribution in [0.5, 0.6) is 0 Å². The molecule has 0 radical (unpaired) electrons. The van der Waals surface area contributed by atoms with Gasteiger partial charge in [-0.05, 0) is 54.7 Å². The number of carbonyl (C=O) groups is 1. The molecular weight excluding hydrogens is 398 g/mol. The monoisotopic (exact) mass is 433 g/mol. The molecule has 0 bridgehead atoms. The summed E-state index contributed by atoms with van der Waals surface area (Å²) in [5.74, 6) is 1.38. The zero-order chi connectivity index (χ0) is 22.1. The molecular formula is C26H35N5O. The number of fused-ring (bicyclic) bond motifs is 1. The summed E-state index contributed by atoms with van der Waals surface area (Å²) in [5.41, 5.74) is 4.68. The van der Waals surface area contributed by atoms with Crippen molar-refractivity contribution in [3.8, 4) is 0 Å². The number of hydrogen-bond donors (Lipinski definition) is 0. The minimum absolute atomic E-state index is 0.0301. The Bertz CT molecular complexity index is 955. The summed E-state index contributed by atoms with van der Waals surface area (Å²) in [6.07, 6.45) is 10.9. The Morgan fingerprint density at radius 1 is 1.06 bits per heavy atom. The van der Waals surface area contributed by atoms with Crippen LogP contribution in [0.25, 0.3) is 0 Å². The van der Waals surface area contributed by atoms with E-state index in [-0.39, 0.29) is 5.91 Å². The molecule has 1 aromatic heterocycles. The van der Waals surface area contributed by atoms with Crippen LogP contribution in [0.1, 0.15) is 59.7 Å². The largest absolute Gasteiger partial charge is 0.341 e. The summed E-state index contributed by atoms with van der Waals surface area (Å²) in [7, 11) is 1.86. The summed E-state index contributed by atoms with van der Waals surface area (Å²) < 4.78 is 0. The lowest BCUT2D eigenvalue weighted by Gasteiger charge is -2.36. The predicted octanol–water partition coefficient (Wildman–Crippen LogP) is 3.55. The molecule has 3 aliphatic rings. The zero-order valence-corrected chi connectivity index (χ0v) is 19.5. The molecule has 2 aromatic rings. The van der Waals surface area contributed by atoms with E-state index in [1.807, 2.05) is 7.05 Å². The topological polar surface area (TPSA) is 52.6 Å². The number of hydrogen-bond acceptors (Lipinski definition) is 5. The van der Waals surface area contributed by atoms with Crippen LogP contribution in [0, 0.1) is 5.92 Å². The highest BCUT2D eigenvalue weighted by atomic mass is 16.2. The molecule has 1 saturated heterocycles. The fraction of sp³-hybridized carbons (Fsp3) is 0.577. The van der Waals surface area contributed by atoms with E-state index < -0.39 is 0 Å². The van der Waals surface area contributed by atoms with Gasteiger partial charge in [-0.15, -0.1) is 0 Å². The predicted molar refractivity (Wildman–Crippen MR) is 127 cm³/mol. The average molecular weight is 434 g/mol. The number of amides is 1. The number of nitrogens with zero attached hydrogens (tertiary/aromatic N) is 5. The van der Waals surface area contributed by atoms with Gasteiger partial charge >= 0.3 is 0 Å². The molecule has 1 aliphatic carbocycles. The normalized spacial score (nSPS) is 21.7. The summed E-state index contributed by atoms with van der Waals surface area (Å²) in [6, 6.07) is 7.60. The Morgan fingerprint density at radius 2 is 1.81 bits per heavy atom. The Balaban J connectivity index is 1.21. The first-order valence-electron chi connectivity index (χ1n) is 12.2. The first-order valence-corrected chi connectivity index (χ1v) is 12.2. The van der Waals surface area contributed by atoms with Gasteiger partial charge in [0.15, 0.2) is 0 Å². The zero-order valence-electron chi connectivity index (χ0n) is 19.5. The van der Waals surface area contributed by atoms with Gasteiger partial charge in [0.05, 0.1) is 5.56 Å². The lowest BCUT2D eigenvalue weighted by Crippen LogP contribution is -2.41. The van der Waals surface area contributed by atoms with Crippen LogP contribution in [-0.2, 0) is 19.4 Å². The van der Waals surface area contributed by atoms with Gasteiger partial charge in [0.1, 0.15) is 0 Å². The first-order chi connectivity index (χ1) is 15.6. The van der Waals surface area contributed by atoms with Gasteiger partial charge in [0.25, 0.3) is 5.91 Å².